The van der Waals surface area contributed by atoms with Gasteiger partial charge < -0.3 is 10.2 Å². The molecule has 144 valence electrons. The van der Waals surface area contributed by atoms with E-state index in [1.165, 1.54) is 0 Å². The van der Waals surface area contributed by atoms with Crippen LogP contribution in [0.5, 0.6) is 0 Å². The molecule has 1 N–H and O–H groups in total. The Hall–Kier alpha value is -3.06. The number of hydrogen-bond acceptors (Lipinski definition) is 5. The summed E-state index contributed by atoms with van der Waals surface area (Å²) in [5, 5.41) is 2.44. The number of anilines is 1. The van der Waals surface area contributed by atoms with Gasteiger partial charge in [0, 0.05) is 38.4 Å². The van der Waals surface area contributed by atoms with Crippen LogP contribution in [-0.4, -0.2) is 49.1 Å². The van der Waals surface area contributed by atoms with E-state index in [2.05, 4.69) is 5.32 Å². The summed E-state index contributed by atoms with van der Waals surface area (Å²) in [6.45, 7) is 0.331. The van der Waals surface area contributed by atoms with Gasteiger partial charge in [-0.1, -0.05) is 36.4 Å². The Morgan fingerprint density at radius 3 is 2.57 bits per heavy atom. The maximum absolute atomic E-state index is 12.5. The zero-order chi connectivity index (χ0) is 20.1. The van der Waals surface area contributed by atoms with E-state index >= 15 is 0 Å². The molecule has 3 amide bonds. The van der Waals surface area contributed by atoms with E-state index in [0.29, 0.717) is 10.5 Å². The molecule has 1 aliphatic heterocycles. The third kappa shape index (κ3) is 4.61. The van der Waals surface area contributed by atoms with Crippen LogP contribution in [0.15, 0.2) is 59.5 Å². The number of nitrogens with zero attached hydrogens (tertiary/aromatic N) is 2. The average Bonchev–Trinajstić information content (AvgIpc) is 2.96. The number of imide groups is 1. The zero-order valence-corrected chi connectivity index (χ0v) is 16.5. The molecule has 1 saturated heterocycles. The van der Waals surface area contributed by atoms with Gasteiger partial charge in [-0.05, 0) is 41.6 Å². The molecular formula is C21H21N3O3S. The molecule has 2 aromatic rings. The zero-order valence-electron chi connectivity index (χ0n) is 15.7. The van der Waals surface area contributed by atoms with Crippen molar-refractivity contribution in [1.82, 2.24) is 10.2 Å². The highest BCUT2D eigenvalue weighted by molar-refractivity contribution is 8.18. The minimum atomic E-state index is -0.331. The molecule has 6 nitrogen and oxygen atoms in total. The summed E-state index contributed by atoms with van der Waals surface area (Å²) >= 11 is 0.917. The molecule has 0 atom stereocenters. The molecule has 0 bridgehead atoms. The summed E-state index contributed by atoms with van der Waals surface area (Å²) in [6, 6.07) is 16.6. The fourth-order valence-electron chi connectivity index (χ4n) is 2.70. The third-order valence-electron chi connectivity index (χ3n) is 4.22. The molecule has 1 aliphatic rings. The fourth-order valence-corrected chi connectivity index (χ4v) is 3.57. The molecule has 1 fully saturated rings. The first-order valence-corrected chi connectivity index (χ1v) is 9.63. The van der Waals surface area contributed by atoms with Crippen molar-refractivity contribution >= 4 is 40.6 Å². The Labute approximate surface area is 168 Å². The van der Waals surface area contributed by atoms with Crippen LogP contribution >= 0.6 is 11.8 Å². The van der Waals surface area contributed by atoms with Crippen molar-refractivity contribution in [2.45, 2.75) is 0 Å². The molecule has 28 heavy (non-hydrogen) atoms. The Kier molecular flexibility index (Phi) is 6.16. The van der Waals surface area contributed by atoms with Gasteiger partial charge >= 0.3 is 0 Å². The molecule has 0 spiro atoms. The van der Waals surface area contributed by atoms with Crippen molar-refractivity contribution < 1.29 is 14.4 Å². The lowest BCUT2D eigenvalue weighted by Crippen LogP contribution is -2.37. The van der Waals surface area contributed by atoms with Crippen LogP contribution in [0.25, 0.3) is 6.08 Å². The van der Waals surface area contributed by atoms with Gasteiger partial charge in [0.2, 0.25) is 0 Å². The monoisotopic (exact) mass is 395 g/mol. The van der Waals surface area contributed by atoms with Gasteiger partial charge in [0.15, 0.2) is 0 Å². The number of benzene rings is 2. The van der Waals surface area contributed by atoms with Crippen LogP contribution in [0.4, 0.5) is 10.5 Å². The number of carbonyl (C=O) groups excluding carboxylic acids is 3. The lowest BCUT2D eigenvalue weighted by molar-refractivity contribution is -0.122. The van der Waals surface area contributed by atoms with Crippen molar-refractivity contribution in [3.05, 3.63) is 70.6 Å². The lowest BCUT2D eigenvalue weighted by Gasteiger charge is -2.15. The first kappa shape index (κ1) is 19.7. The maximum Gasteiger partial charge on any atom is 0.293 e. The second-order valence-electron chi connectivity index (χ2n) is 6.44. The number of hydrogen-bond donors (Lipinski definition) is 1. The lowest BCUT2D eigenvalue weighted by atomic mass is 10.2. The van der Waals surface area contributed by atoms with Gasteiger partial charge in [0.1, 0.15) is 0 Å². The molecule has 7 heteroatoms. The Morgan fingerprint density at radius 2 is 1.86 bits per heavy atom. The Morgan fingerprint density at radius 1 is 1.11 bits per heavy atom. The van der Waals surface area contributed by atoms with Crippen molar-refractivity contribution in [2.24, 2.45) is 0 Å². The highest BCUT2D eigenvalue weighted by Crippen LogP contribution is 2.31. The van der Waals surface area contributed by atoms with Gasteiger partial charge in [-0.2, -0.15) is 0 Å². The van der Waals surface area contributed by atoms with E-state index in [9.17, 15) is 14.4 Å². The van der Waals surface area contributed by atoms with Crippen LogP contribution in [0, 0.1) is 0 Å². The highest BCUT2D eigenvalue weighted by atomic mass is 32.2. The molecule has 0 saturated carbocycles. The molecule has 0 aliphatic carbocycles. The van der Waals surface area contributed by atoms with Gasteiger partial charge in [0.05, 0.1) is 4.91 Å². The number of thioether (sulfide) groups is 1. The minimum Gasteiger partial charge on any atom is -0.378 e. The van der Waals surface area contributed by atoms with E-state index in [1.807, 2.05) is 61.5 Å². The smallest absolute Gasteiger partial charge is 0.293 e. The minimum absolute atomic E-state index is 0.135. The molecule has 0 unspecified atom stereocenters. The summed E-state index contributed by atoms with van der Waals surface area (Å²) in [5.41, 5.74) is 2.32. The third-order valence-corrected chi connectivity index (χ3v) is 5.12. The molecule has 3 rings (SSSR count). The molecule has 2 aromatic carbocycles. The molecular weight excluding hydrogens is 374 g/mol. The highest BCUT2D eigenvalue weighted by Gasteiger charge is 2.34. The topological polar surface area (TPSA) is 69.7 Å². The number of nitrogens with one attached hydrogen (secondary N) is 1. The van der Waals surface area contributed by atoms with Crippen LogP contribution in [-0.2, 0) is 4.79 Å². The van der Waals surface area contributed by atoms with E-state index in [-0.39, 0.29) is 30.1 Å². The maximum atomic E-state index is 12.5. The first-order chi connectivity index (χ1) is 13.5. The van der Waals surface area contributed by atoms with Crippen molar-refractivity contribution in [1.29, 1.82) is 0 Å². The van der Waals surface area contributed by atoms with Gasteiger partial charge in [-0.3, -0.25) is 19.3 Å². The van der Waals surface area contributed by atoms with E-state index in [0.717, 1.165) is 27.9 Å². The number of rotatable bonds is 6. The van der Waals surface area contributed by atoms with E-state index in [4.69, 9.17) is 0 Å². The fraction of sp³-hybridized carbons (Fsp3) is 0.190. The predicted octanol–water partition coefficient (Wildman–Crippen LogP) is 3.22. The van der Waals surface area contributed by atoms with Crippen molar-refractivity contribution in [3.63, 3.8) is 0 Å². The number of carbonyl (C=O) groups is 3. The summed E-state index contributed by atoms with van der Waals surface area (Å²) in [4.78, 5) is 40.4. The van der Waals surface area contributed by atoms with Crippen molar-refractivity contribution in [3.8, 4) is 0 Å². The summed E-state index contributed by atoms with van der Waals surface area (Å²) in [5.74, 6) is -0.571. The second-order valence-corrected chi connectivity index (χ2v) is 7.44. The SMILES string of the molecule is CN(C)c1cccc(C(=O)NCCN2C(=O)S/C(=C\c3ccccc3)C2=O)c1. The predicted molar refractivity (Wildman–Crippen MR) is 112 cm³/mol. The van der Waals surface area contributed by atoms with Crippen LogP contribution in [0.2, 0.25) is 0 Å². The quantitative estimate of drug-likeness (QED) is 0.761. The normalized spacial score (nSPS) is 15.2. The van der Waals surface area contributed by atoms with E-state index < -0.39 is 0 Å². The van der Waals surface area contributed by atoms with Gasteiger partial charge in [-0.25, -0.2) is 0 Å². The average molecular weight is 395 g/mol. The second kappa shape index (κ2) is 8.75. The Bertz CT molecular complexity index is 926. The standard InChI is InChI=1S/C21H21N3O3S/c1-23(2)17-10-6-9-16(14-17)19(25)22-11-12-24-20(26)18(28-21(24)27)13-15-7-4-3-5-8-15/h3-10,13-14H,11-12H2,1-2H3,(H,22,25)/b18-13-. The van der Waals surface area contributed by atoms with Crippen molar-refractivity contribution in [2.75, 3.05) is 32.1 Å². The van der Waals surface area contributed by atoms with Gasteiger partial charge in [-0.15, -0.1) is 0 Å². The number of amides is 3. The van der Waals surface area contributed by atoms with E-state index in [1.54, 1.807) is 18.2 Å². The van der Waals surface area contributed by atoms with Crippen LogP contribution in [0.1, 0.15) is 15.9 Å². The van der Waals surface area contributed by atoms with Gasteiger partial charge in [0.25, 0.3) is 17.1 Å². The summed E-state index contributed by atoms with van der Waals surface area (Å²) < 4.78 is 0. The molecule has 0 aromatic heterocycles. The largest absolute Gasteiger partial charge is 0.378 e. The van der Waals surface area contributed by atoms with Crippen LogP contribution in [0.3, 0.4) is 0 Å². The molecule has 1 heterocycles. The first-order valence-electron chi connectivity index (χ1n) is 8.82. The Balaban J connectivity index is 1.58. The molecule has 0 radical (unpaired) electrons. The summed E-state index contributed by atoms with van der Waals surface area (Å²) in [7, 11) is 3.81. The van der Waals surface area contributed by atoms with Crippen LogP contribution < -0.4 is 10.2 Å². The summed E-state index contributed by atoms with van der Waals surface area (Å²) in [6.07, 6.45) is 1.70.